The number of aldehydes is 1. The van der Waals surface area contributed by atoms with Crippen molar-refractivity contribution in [3.8, 4) is 0 Å². The Hall–Kier alpha value is -3.69. The van der Waals surface area contributed by atoms with E-state index in [0.717, 1.165) is 16.7 Å². The Balaban J connectivity index is 0.000000318. The summed E-state index contributed by atoms with van der Waals surface area (Å²) in [6, 6.07) is 14.8. The van der Waals surface area contributed by atoms with Crippen molar-refractivity contribution in [2.75, 3.05) is 12.4 Å². The van der Waals surface area contributed by atoms with E-state index in [2.05, 4.69) is 15.3 Å². The van der Waals surface area contributed by atoms with E-state index in [4.69, 9.17) is 4.74 Å². The topological polar surface area (TPSA) is 98.3 Å². The second-order valence-corrected chi connectivity index (χ2v) is 8.86. The van der Waals surface area contributed by atoms with Gasteiger partial charge in [0.15, 0.2) is 12.1 Å². The Kier molecular flexibility index (Phi) is 7.01. The molecule has 0 aliphatic carbocycles. The minimum Gasteiger partial charge on any atom is -0.465 e. The standard InChI is InChI=1S/C20H16N2O3S.C4H3NOS/c1-25-20(24)13-8-5-9-14-16(13)19(23)17(15-10-21-11-26-15)18(22-14)12-6-3-2-4-7-12;6-2-4-1-5-3-7-4/h2-11,17-18,22H,1H3;1-3H. The highest BCUT2D eigenvalue weighted by atomic mass is 32.1. The van der Waals surface area contributed by atoms with Crippen LogP contribution in [0.15, 0.2) is 71.9 Å². The lowest BCUT2D eigenvalue weighted by Gasteiger charge is -2.34. The summed E-state index contributed by atoms with van der Waals surface area (Å²) in [6.45, 7) is 0. The van der Waals surface area contributed by atoms with Gasteiger partial charge in [0.2, 0.25) is 0 Å². The number of fused-ring (bicyclic) bond motifs is 1. The third-order valence-corrected chi connectivity index (χ3v) is 6.69. The molecule has 1 aliphatic heterocycles. The summed E-state index contributed by atoms with van der Waals surface area (Å²) in [6.07, 6.45) is 4.05. The summed E-state index contributed by atoms with van der Waals surface area (Å²) in [7, 11) is 1.32. The molecule has 2 aromatic carbocycles. The van der Waals surface area contributed by atoms with Crippen LogP contribution in [-0.2, 0) is 4.74 Å². The Bertz CT molecular complexity index is 1240. The van der Waals surface area contributed by atoms with E-state index in [-0.39, 0.29) is 17.4 Å². The van der Waals surface area contributed by atoms with Gasteiger partial charge in [-0.25, -0.2) is 4.79 Å². The molecule has 0 saturated carbocycles. The number of methoxy groups -OCH3 is 1. The second-order valence-electron chi connectivity index (χ2n) is 7.02. The van der Waals surface area contributed by atoms with Crippen LogP contribution < -0.4 is 5.32 Å². The van der Waals surface area contributed by atoms with Gasteiger partial charge in [-0.05, 0) is 17.7 Å². The quantitative estimate of drug-likeness (QED) is 0.326. The highest BCUT2D eigenvalue weighted by molar-refractivity contribution is 7.11. The average Bonchev–Trinajstić information content (AvgIpc) is 3.58. The van der Waals surface area contributed by atoms with E-state index in [1.165, 1.54) is 36.0 Å². The van der Waals surface area contributed by atoms with Gasteiger partial charge in [-0.3, -0.25) is 19.6 Å². The molecule has 0 amide bonds. The van der Waals surface area contributed by atoms with Crippen molar-refractivity contribution < 1.29 is 19.1 Å². The third kappa shape index (κ3) is 4.74. The molecule has 33 heavy (non-hydrogen) atoms. The molecular formula is C24H19N3O4S2. The summed E-state index contributed by atoms with van der Waals surface area (Å²) in [4.78, 5) is 44.8. The minimum atomic E-state index is -0.516. The number of anilines is 1. The number of nitrogens with zero attached hydrogens (tertiary/aromatic N) is 2. The van der Waals surface area contributed by atoms with E-state index < -0.39 is 11.9 Å². The van der Waals surface area contributed by atoms with Gasteiger partial charge in [0.05, 0.1) is 46.1 Å². The van der Waals surface area contributed by atoms with Crippen LogP contribution in [-0.4, -0.2) is 35.1 Å². The summed E-state index contributed by atoms with van der Waals surface area (Å²) >= 11 is 2.78. The number of nitrogens with one attached hydrogen (secondary N) is 1. The summed E-state index contributed by atoms with van der Waals surface area (Å²) in [5.74, 6) is -1.07. The molecule has 4 aromatic rings. The highest BCUT2D eigenvalue weighted by Crippen LogP contribution is 2.44. The van der Waals surface area contributed by atoms with Gasteiger partial charge in [0, 0.05) is 23.0 Å². The van der Waals surface area contributed by atoms with Gasteiger partial charge in [0.25, 0.3) is 0 Å². The molecule has 166 valence electrons. The molecule has 3 heterocycles. The summed E-state index contributed by atoms with van der Waals surface area (Å²) in [5, 5.41) is 3.45. The largest absolute Gasteiger partial charge is 0.465 e. The van der Waals surface area contributed by atoms with Crippen LogP contribution in [0.3, 0.4) is 0 Å². The average molecular weight is 478 g/mol. The molecule has 1 N–H and O–H groups in total. The maximum atomic E-state index is 13.5. The normalized spacial score (nSPS) is 16.6. The van der Waals surface area contributed by atoms with Crippen molar-refractivity contribution in [3.63, 3.8) is 0 Å². The first kappa shape index (κ1) is 22.5. The van der Waals surface area contributed by atoms with Crippen LogP contribution >= 0.6 is 22.7 Å². The zero-order valence-electron chi connectivity index (χ0n) is 17.5. The Morgan fingerprint density at radius 2 is 1.79 bits per heavy atom. The number of benzene rings is 2. The van der Waals surface area contributed by atoms with Crippen molar-refractivity contribution in [2.45, 2.75) is 12.0 Å². The molecule has 0 fully saturated rings. The lowest BCUT2D eigenvalue weighted by Crippen LogP contribution is -2.32. The van der Waals surface area contributed by atoms with Crippen LogP contribution in [0.5, 0.6) is 0 Å². The summed E-state index contributed by atoms with van der Waals surface area (Å²) in [5.41, 5.74) is 5.66. The predicted octanol–water partition coefficient (Wildman–Crippen LogP) is 5.02. The van der Waals surface area contributed by atoms with Crippen LogP contribution in [0.2, 0.25) is 0 Å². The zero-order valence-corrected chi connectivity index (χ0v) is 19.1. The molecule has 2 unspecified atom stereocenters. The molecule has 0 bridgehead atoms. The second kappa shape index (κ2) is 10.3. The number of carbonyl (C=O) groups excluding carboxylic acids is 3. The smallest absolute Gasteiger partial charge is 0.338 e. The first-order valence-electron chi connectivity index (χ1n) is 9.93. The number of hydrogen-bond donors (Lipinski definition) is 1. The molecule has 7 nitrogen and oxygen atoms in total. The van der Waals surface area contributed by atoms with Crippen LogP contribution in [0.25, 0.3) is 0 Å². The zero-order chi connectivity index (χ0) is 23.2. The van der Waals surface area contributed by atoms with Crippen molar-refractivity contribution in [2.24, 2.45) is 0 Å². The van der Waals surface area contributed by atoms with Gasteiger partial charge in [-0.15, -0.1) is 22.7 Å². The Morgan fingerprint density at radius 3 is 2.39 bits per heavy atom. The number of esters is 1. The molecule has 1 aliphatic rings. The summed E-state index contributed by atoms with van der Waals surface area (Å²) < 4.78 is 4.86. The van der Waals surface area contributed by atoms with Crippen molar-refractivity contribution >= 4 is 46.4 Å². The SMILES string of the molecule is COC(=O)c1cccc2c1C(=O)C(c1cncs1)C(c1ccccc1)N2.O=Cc1cncs1. The molecular weight excluding hydrogens is 458 g/mol. The van der Waals surface area contributed by atoms with Gasteiger partial charge < -0.3 is 10.1 Å². The minimum absolute atomic E-state index is 0.0992. The fraction of sp³-hybridized carbons (Fsp3) is 0.125. The van der Waals surface area contributed by atoms with E-state index >= 15 is 0 Å². The number of hydrogen-bond acceptors (Lipinski definition) is 9. The highest BCUT2D eigenvalue weighted by Gasteiger charge is 2.40. The van der Waals surface area contributed by atoms with Gasteiger partial charge in [-0.2, -0.15) is 0 Å². The van der Waals surface area contributed by atoms with Crippen molar-refractivity contribution in [3.05, 3.63) is 98.4 Å². The number of aromatic nitrogens is 2. The van der Waals surface area contributed by atoms with Crippen LogP contribution in [0.1, 0.15) is 52.8 Å². The number of thiazole rings is 2. The molecule has 9 heteroatoms. The maximum Gasteiger partial charge on any atom is 0.338 e. The van der Waals surface area contributed by atoms with E-state index in [9.17, 15) is 14.4 Å². The van der Waals surface area contributed by atoms with Crippen molar-refractivity contribution in [1.82, 2.24) is 9.97 Å². The number of ketones is 1. The van der Waals surface area contributed by atoms with E-state index in [1.54, 1.807) is 29.4 Å². The molecule has 0 spiro atoms. The lowest BCUT2D eigenvalue weighted by atomic mass is 9.80. The van der Waals surface area contributed by atoms with E-state index in [1.807, 2.05) is 36.4 Å². The fourth-order valence-corrected chi connectivity index (χ4v) is 4.84. The van der Waals surface area contributed by atoms with Gasteiger partial charge >= 0.3 is 5.97 Å². The predicted molar refractivity (Wildman–Crippen MR) is 127 cm³/mol. The third-order valence-electron chi connectivity index (χ3n) is 5.13. The fourth-order valence-electron chi connectivity index (χ4n) is 3.67. The number of rotatable bonds is 4. The first-order chi connectivity index (χ1) is 16.1. The molecule has 5 rings (SSSR count). The Labute approximate surface area is 198 Å². The van der Waals surface area contributed by atoms with Gasteiger partial charge in [-0.1, -0.05) is 36.4 Å². The van der Waals surface area contributed by atoms with Crippen LogP contribution in [0.4, 0.5) is 5.69 Å². The lowest BCUT2D eigenvalue weighted by molar-refractivity contribution is 0.0596. The number of carbonyl (C=O) groups is 3. The maximum absolute atomic E-state index is 13.5. The molecule has 2 atom stereocenters. The monoisotopic (exact) mass is 477 g/mol. The number of ether oxygens (including phenoxy) is 1. The Morgan fingerprint density at radius 1 is 1.03 bits per heavy atom. The molecule has 0 radical (unpaired) electrons. The van der Waals surface area contributed by atoms with E-state index in [0.29, 0.717) is 16.1 Å². The first-order valence-corrected chi connectivity index (χ1v) is 11.7. The number of Topliss-reactive ketones (excluding diaryl/α,β-unsaturated/α-hetero) is 1. The van der Waals surface area contributed by atoms with Gasteiger partial charge in [0.1, 0.15) is 0 Å². The molecule has 2 aromatic heterocycles. The van der Waals surface area contributed by atoms with Crippen molar-refractivity contribution in [1.29, 1.82) is 0 Å². The van der Waals surface area contributed by atoms with Crippen LogP contribution in [0, 0.1) is 0 Å². The molecule has 0 saturated heterocycles.